The number of rotatable bonds is 1. The highest BCUT2D eigenvalue weighted by molar-refractivity contribution is 5.85. The summed E-state index contributed by atoms with van der Waals surface area (Å²) in [6.45, 7) is 6.68. The monoisotopic (exact) mass is 253 g/mol. The molecule has 5 nitrogen and oxygen atoms in total. The van der Waals surface area contributed by atoms with Gasteiger partial charge in [-0.15, -0.1) is 6.42 Å². The number of nitrogens with zero attached hydrogens (tertiary/aromatic N) is 1. The average Bonchev–Trinajstić information content (AvgIpc) is 2.54. The normalized spacial score (nSPS) is 27.7. The second kappa shape index (κ2) is 4.52. The second-order valence-corrected chi connectivity index (χ2v) is 5.65. The number of carboxylic acid groups (broad SMARTS) is 1. The minimum Gasteiger partial charge on any atom is -0.480 e. The zero-order chi connectivity index (χ0) is 14.1. The van der Waals surface area contributed by atoms with Crippen molar-refractivity contribution in [1.82, 2.24) is 4.90 Å². The topological polar surface area (TPSA) is 66.8 Å². The highest BCUT2D eigenvalue weighted by Crippen LogP contribution is 2.35. The Labute approximate surface area is 107 Å². The van der Waals surface area contributed by atoms with E-state index in [9.17, 15) is 14.7 Å². The van der Waals surface area contributed by atoms with Crippen LogP contribution in [0.1, 0.15) is 40.5 Å². The number of amides is 1. The maximum atomic E-state index is 12.1. The van der Waals surface area contributed by atoms with Crippen LogP contribution in [0.2, 0.25) is 0 Å². The molecule has 1 rings (SSSR count). The minimum absolute atomic E-state index is 0.330. The average molecular weight is 253 g/mol. The van der Waals surface area contributed by atoms with Gasteiger partial charge in [-0.2, -0.15) is 0 Å². The molecule has 0 aromatic rings. The van der Waals surface area contributed by atoms with Crippen LogP contribution in [0.15, 0.2) is 0 Å². The second-order valence-electron chi connectivity index (χ2n) is 5.65. The number of ether oxygens (including phenoxy) is 1. The number of terminal acetylenes is 1. The highest BCUT2D eigenvalue weighted by atomic mass is 16.6. The van der Waals surface area contributed by atoms with Crippen molar-refractivity contribution < 1.29 is 19.4 Å². The number of likely N-dealkylation sites (tertiary alicyclic amines) is 1. The van der Waals surface area contributed by atoms with Crippen molar-refractivity contribution in [3.63, 3.8) is 0 Å². The van der Waals surface area contributed by atoms with E-state index in [0.717, 1.165) is 0 Å². The molecule has 2 atom stereocenters. The maximum Gasteiger partial charge on any atom is 0.412 e. The molecule has 1 N–H and O–H groups in total. The summed E-state index contributed by atoms with van der Waals surface area (Å²) < 4.78 is 5.23. The summed E-state index contributed by atoms with van der Waals surface area (Å²) in [7, 11) is 0. The lowest BCUT2D eigenvalue weighted by atomic mass is 10.00. The molecule has 0 bridgehead atoms. The molecule has 0 saturated carbocycles. The number of carboxylic acids is 1. The highest BCUT2D eigenvalue weighted by Gasteiger charge is 2.51. The van der Waals surface area contributed by atoms with E-state index in [1.54, 1.807) is 20.8 Å². The van der Waals surface area contributed by atoms with Crippen LogP contribution < -0.4 is 0 Å². The van der Waals surface area contributed by atoms with Crippen LogP contribution in [0.4, 0.5) is 4.79 Å². The van der Waals surface area contributed by atoms with Gasteiger partial charge in [0.25, 0.3) is 0 Å². The van der Waals surface area contributed by atoms with Crippen LogP contribution in [0, 0.1) is 12.3 Å². The number of carbonyl (C=O) groups is 2. The van der Waals surface area contributed by atoms with Crippen LogP contribution in [-0.2, 0) is 9.53 Å². The Balaban J connectivity index is 3.03. The van der Waals surface area contributed by atoms with E-state index in [1.165, 1.54) is 11.8 Å². The fourth-order valence-electron chi connectivity index (χ4n) is 2.02. The lowest BCUT2D eigenvalue weighted by molar-refractivity contribution is -0.148. The molecule has 0 spiro atoms. The molecule has 1 amide bonds. The van der Waals surface area contributed by atoms with Gasteiger partial charge in [-0.25, -0.2) is 9.59 Å². The van der Waals surface area contributed by atoms with Gasteiger partial charge in [0, 0.05) is 0 Å². The molecule has 0 unspecified atom stereocenters. The SMILES string of the molecule is C#C[C@H]1CC[C@@](C)(C(=O)O)N1C(=O)OC(C)(C)C. The van der Waals surface area contributed by atoms with Crippen LogP contribution in [0.3, 0.4) is 0 Å². The molecule has 100 valence electrons. The van der Waals surface area contributed by atoms with Crippen LogP contribution >= 0.6 is 0 Å². The van der Waals surface area contributed by atoms with Crippen molar-refractivity contribution in [1.29, 1.82) is 0 Å². The molecule has 0 radical (unpaired) electrons. The Bertz CT molecular complexity index is 404. The van der Waals surface area contributed by atoms with Gasteiger partial charge < -0.3 is 9.84 Å². The van der Waals surface area contributed by atoms with Crippen molar-refractivity contribution in [2.24, 2.45) is 0 Å². The van der Waals surface area contributed by atoms with Gasteiger partial charge in [-0.3, -0.25) is 4.90 Å². The van der Waals surface area contributed by atoms with Crippen molar-refractivity contribution in [2.75, 3.05) is 0 Å². The number of hydrogen-bond donors (Lipinski definition) is 1. The summed E-state index contributed by atoms with van der Waals surface area (Å²) in [5.41, 5.74) is -1.97. The lowest BCUT2D eigenvalue weighted by Gasteiger charge is -2.34. The predicted octanol–water partition coefficient (Wildman–Crippen LogP) is 1.86. The van der Waals surface area contributed by atoms with E-state index in [2.05, 4.69) is 5.92 Å². The van der Waals surface area contributed by atoms with Crippen LogP contribution in [0.5, 0.6) is 0 Å². The third kappa shape index (κ3) is 2.58. The fraction of sp³-hybridized carbons (Fsp3) is 0.692. The Hall–Kier alpha value is -1.70. The molecular formula is C13H19NO4. The Morgan fingerprint density at radius 1 is 1.50 bits per heavy atom. The minimum atomic E-state index is -1.29. The number of hydrogen-bond acceptors (Lipinski definition) is 3. The summed E-state index contributed by atoms with van der Waals surface area (Å²) in [4.78, 5) is 24.6. The van der Waals surface area contributed by atoms with Gasteiger partial charge in [-0.1, -0.05) is 5.92 Å². The van der Waals surface area contributed by atoms with E-state index in [0.29, 0.717) is 12.8 Å². The van der Waals surface area contributed by atoms with E-state index >= 15 is 0 Å². The molecule has 0 aromatic heterocycles. The van der Waals surface area contributed by atoms with Gasteiger partial charge >= 0.3 is 12.1 Å². The molecular weight excluding hydrogens is 234 g/mol. The van der Waals surface area contributed by atoms with E-state index in [-0.39, 0.29) is 0 Å². The molecule has 1 fully saturated rings. The Morgan fingerprint density at radius 2 is 2.06 bits per heavy atom. The molecule has 5 heteroatoms. The van der Waals surface area contributed by atoms with Gasteiger partial charge in [0.15, 0.2) is 0 Å². The zero-order valence-electron chi connectivity index (χ0n) is 11.2. The smallest absolute Gasteiger partial charge is 0.412 e. The summed E-state index contributed by atoms with van der Waals surface area (Å²) >= 11 is 0. The molecule has 1 saturated heterocycles. The van der Waals surface area contributed by atoms with Crippen molar-refractivity contribution in [3.05, 3.63) is 0 Å². The fourth-order valence-corrected chi connectivity index (χ4v) is 2.02. The van der Waals surface area contributed by atoms with Crippen LogP contribution in [0.25, 0.3) is 0 Å². The van der Waals surface area contributed by atoms with Gasteiger partial charge in [0.05, 0.1) is 6.04 Å². The van der Waals surface area contributed by atoms with E-state index in [4.69, 9.17) is 11.2 Å². The predicted molar refractivity (Wildman–Crippen MR) is 66.0 cm³/mol. The third-order valence-electron chi connectivity index (χ3n) is 2.99. The van der Waals surface area contributed by atoms with Crippen molar-refractivity contribution >= 4 is 12.1 Å². The largest absolute Gasteiger partial charge is 0.480 e. The molecule has 0 aliphatic carbocycles. The molecule has 1 aliphatic heterocycles. The first-order chi connectivity index (χ1) is 8.12. The molecule has 1 heterocycles. The lowest BCUT2D eigenvalue weighted by Crippen LogP contribution is -2.54. The first kappa shape index (κ1) is 14.4. The first-order valence-electron chi connectivity index (χ1n) is 5.83. The number of carbonyl (C=O) groups excluding carboxylic acids is 1. The van der Waals surface area contributed by atoms with Crippen LogP contribution in [-0.4, -0.2) is 39.3 Å². The number of aliphatic carboxylic acids is 1. The van der Waals surface area contributed by atoms with E-state index < -0.39 is 29.2 Å². The summed E-state index contributed by atoms with van der Waals surface area (Å²) in [5.74, 6) is 1.39. The Kier molecular flexibility index (Phi) is 3.61. The first-order valence-corrected chi connectivity index (χ1v) is 5.83. The van der Waals surface area contributed by atoms with Gasteiger partial charge in [0.2, 0.25) is 0 Å². The molecule has 18 heavy (non-hydrogen) atoms. The van der Waals surface area contributed by atoms with Crippen molar-refractivity contribution in [3.8, 4) is 12.3 Å². The van der Waals surface area contributed by atoms with E-state index in [1.807, 2.05) is 0 Å². The molecule has 0 aromatic carbocycles. The summed E-state index contributed by atoms with van der Waals surface area (Å²) in [6.07, 6.45) is 5.48. The molecule has 1 aliphatic rings. The van der Waals surface area contributed by atoms with Gasteiger partial charge in [-0.05, 0) is 40.5 Å². The maximum absolute atomic E-state index is 12.1. The quantitative estimate of drug-likeness (QED) is 0.724. The summed E-state index contributed by atoms with van der Waals surface area (Å²) in [6, 6.07) is -0.527. The van der Waals surface area contributed by atoms with Crippen molar-refractivity contribution in [2.45, 2.75) is 57.7 Å². The Morgan fingerprint density at radius 3 is 2.44 bits per heavy atom. The third-order valence-corrected chi connectivity index (χ3v) is 2.99. The summed E-state index contributed by atoms with van der Waals surface area (Å²) in [5, 5.41) is 9.29. The standard InChI is InChI=1S/C13H19NO4/c1-6-9-7-8-13(5,10(15)16)14(9)11(17)18-12(2,3)4/h1,9H,7-8H2,2-5H3,(H,15,16)/t9-,13-/m0/s1. The zero-order valence-corrected chi connectivity index (χ0v) is 11.2. The van der Waals surface area contributed by atoms with Gasteiger partial charge in [0.1, 0.15) is 11.1 Å².